The molecule has 3 rings (SSSR count). The highest BCUT2D eigenvalue weighted by Gasteiger charge is 2.14. The van der Waals surface area contributed by atoms with Gasteiger partial charge < -0.3 is 11.1 Å². The third kappa shape index (κ3) is 3.60. The molecule has 126 valence electrons. The lowest BCUT2D eigenvalue weighted by molar-refractivity contribution is 0.627. The van der Waals surface area contributed by atoms with E-state index in [1.807, 2.05) is 0 Å². The van der Waals surface area contributed by atoms with Crippen LogP contribution in [0, 0.1) is 24.0 Å². The lowest BCUT2D eigenvalue weighted by Crippen LogP contribution is -2.04. The fourth-order valence-corrected chi connectivity index (χ4v) is 2.32. The summed E-state index contributed by atoms with van der Waals surface area (Å²) >= 11 is 0. The highest BCUT2D eigenvalue weighted by Crippen LogP contribution is 2.25. The number of nitrogens with two attached hydrogens (primary N) is 1. The Bertz CT molecular complexity index is 975. The molecule has 4 N–H and O–H groups in total. The van der Waals surface area contributed by atoms with E-state index < -0.39 is 5.82 Å². The van der Waals surface area contributed by atoms with Crippen molar-refractivity contribution >= 4 is 17.5 Å². The fourth-order valence-electron chi connectivity index (χ4n) is 2.32. The summed E-state index contributed by atoms with van der Waals surface area (Å²) in [4.78, 5) is 4.15. The number of hydrogen-bond acceptors (Lipinski definition) is 4. The molecule has 0 spiro atoms. The molecule has 0 bridgehead atoms. The zero-order valence-corrected chi connectivity index (χ0v) is 13.3. The molecule has 3 aromatic rings. The van der Waals surface area contributed by atoms with Crippen LogP contribution in [0.2, 0.25) is 0 Å². The summed E-state index contributed by atoms with van der Waals surface area (Å²) in [5.41, 5.74) is 6.84. The van der Waals surface area contributed by atoms with Crippen LogP contribution in [-0.2, 0) is 0 Å². The van der Waals surface area contributed by atoms with Gasteiger partial charge in [0.05, 0.1) is 11.4 Å². The number of nitrogens with zero attached hydrogens (tertiary/aromatic N) is 2. The van der Waals surface area contributed by atoms with E-state index in [1.165, 1.54) is 24.3 Å². The number of halogens is 2. The average molecular weight is 339 g/mol. The standard InChI is InChI=1S/C18H15F2N5/c1-10-23-18(25-24-10)12-8-14(17(22)15(20)9-12)16(21)6-5-11-3-2-4-13(19)7-11/h2-9,21H,22H2,1H3,(H,23,24,25)/b6-5+,21-16?. The predicted molar refractivity (Wildman–Crippen MR) is 93.2 cm³/mol. The van der Waals surface area contributed by atoms with Crippen LogP contribution in [0.25, 0.3) is 17.5 Å². The first-order valence-corrected chi connectivity index (χ1v) is 7.45. The molecule has 5 nitrogen and oxygen atoms in total. The Hall–Kier alpha value is -3.35. The first-order valence-electron chi connectivity index (χ1n) is 7.45. The smallest absolute Gasteiger partial charge is 0.181 e. The van der Waals surface area contributed by atoms with Crippen LogP contribution < -0.4 is 5.73 Å². The van der Waals surface area contributed by atoms with Gasteiger partial charge in [0.2, 0.25) is 0 Å². The second kappa shape index (κ2) is 6.64. The van der Waals surface area contributed by atoms with Crippen molar-refractivity contribution in [2.24, 2.45) is 0 Å². The molecule has 1 aromatic heterocycles. The molecule has 0 atom stereocenters. The Labute approximate surface area is 142 Å². The van der Waals surface area contributed by atoms with Crippen LogP contribution in [0.1, 0.15) is 17.0 Å². The molecule has 0 aliphatic rings. The monoisotopic (exact) mass is 339 g/mol. The Morgan fingerprint density at radius 1 is 1.24 bits per heavy atom. The van der Waals surface area contributed by atoms with Gasteiger partial charge in [-0.05, 0) is 42.8 Å². The van der Waals surface area contributed by atoms with Gasteiger partial charge in [0, 0.05) is 11.1 Å². The Kier molecular flexibility index (Phi) is 4.38. The van der Waals surface area contributed by atoms with Crippen molar-refractivity contribution in [3.63, 3.8) is 0 Å². The number of nitrogen functional groups attached to an aromatic ring is 1. The van der Waals surface area contributed by atoms with E-state index in [0.29, 0.717) is 22.8 Å². The Morgan fingerprint density at radius 3 is 2.72 bits per heavy atom. The Morgan fingerprint density at radius 2 is 2.04 bits per heavy atom. The van der Waals surface area contributed by atoms with Gasteiger partial charge in [-0.15, -0.1) is 0 Å². The molecule has 0 fully saturated rings. The molecule has 0 amide bonds. The maximum atomic E-state index is 14.1. The molecule has 25 heavy (non-hydrogen) atoms. The van der Waals surface area contributed by atoms with Crippen molar-refractivity contribution in [3.8, 4) is 11.4 Å². The van der Waals surface area contributed by atoms with Gasteiger partial charge in [0.15, 0.2) is 5.82 Å². The molecule has 7 heteroatoms. The average Bonchev–Trinajstić information content (AvgIpc) is 3.01. The van der Waals surface area contributed by atoms with Gasteiger partial charge in [-0.1, -0.05) is 18.2 Å². The zero-order chi connectivity index (χ0) is 18.0. The maximum Gasteiger partial charge on any atom is 0.181 e. The molecule has 2 aromatic carbocycles. The van der Waals surface area contributed by atoms with Crippen molar-refractivity contribution in [3.05, 3.63) is 71.1 Å². The number of benzene rings is 2. The number of H-pyrrole nitrogens is 1. The van der Waals surface area contributed by atoms with Crippen molar-refractivity contribution < 1.29 is 8.78 Å². The summed E-state index contributed by atoms with van der Waals surface area (Å²) in [5.74, 6) is -0.116. The van der Waals surface area contributed by atoms with Crippen LogP contribution in [-0.4, -0.2) is 20.9 Å². The highest BCUT2D eigenvalue weighted by molar-refractivity contribution is 6.12. The van der Waals surface area contributed by atoms with E-state index >= 15 is 0 Å². The first kappa shape index (κ1) is 16.5. The fraction of sp³-hybridized carbons (Fsp3) is 0.0556. The molecule has 0 radical (unpaired) electrons. The second-order valence-corrected chi connectivity index (χ2v) is 5.47. The minimum absolute atomic E-state index is 0.00484. The summed E-state index contributed by atoms with van der Waals surface area (Å²) in [6.45, 7) is 1.73. The first-order chi connectivity index (χ1) is 11.9. The van der Waals surface area contributed by atoms with Crippen LogP contribution in [0.5, 0.6) is 0 Å². The highest BCUT2D eigenvalue weighted by atomic mass is 19.1. The van der Waals surface area contributed by atoms with Gasteiger partial charge in [0.1, 0.15) is 17.5 Å². The van der Waals surface area contributed by atoms with E-state index in [-0.39, 0.29) is 22.8 Å². The van der Waals surface area contributed by atoms with Crippen molar-refractivity contribution in [1.29, 1.82) is 5.41 Å². The number of anilines is 1. The number of allylic oxidation sites excluding steroid dienone is 1. The number of aromatic amines is 1. The van der Waals surface area contributed by atoms with Gasteiger partial charge >= 0.3 is 0 Å². The summed E-state index contributed by atoms with van der Waals surface area (Å²) < 4.78 is 27.3. The number of rotatable bonds is 4. The minimum Gasteiger partial charge on any atom is -0.396 e. The van der Waals surface area contributed by atoms with Gasteiger partial charge in [-0.2, -0.15) is 5.10 Å². The number of hydrogen-bond donors (Lipinski definition) is 3. The molecule has 1 heterocycles. The molecular weight excluding hydrogens is 324 g/mol. The molecule has 0 unspecified atom stereocenters. The number of aromatic nitrogens is 3. The SMILES string of the molecule is Cc1nc(-c2cc(F)c(N)c(C(=N)/C=C/c3cccc(F)c3)c2)n[nH]1. The van der Waals surface area contributed by atoms with Crippen molar-refractivity contribution in [2.75, 3.05) is 5.73 Å². The van der Waals surface area contributed by atoms with Crippen LogP contribution in [0.15, 0.2) is 42.5 Å². The summed E-state index contributed by atoms with van der Waals surface area (Å²) in [7, 11) is 0. The Balaban J connectivity index is 1.95. The third-order valence-electron chi connectivity index (χ3n) is 3.57. The molecule has 0 aliphatic carbocycles. The third-order valence-corrected chi connectivity index (χ3v) is 3.57. The normalized spacial score (nSPS) is 11.2. The maximum absolute atomic E-state index is 14.1. The van der Waals surface area contributed by atoms with Gasteiger partial charge in [-0.25, -0.2) is 13.8 Å². The van der Waals surface area contributed by atoms with Crippen molar-refractivity contribution in [1.82, 2.24) is 15.2 Å². The topological polar surface area (TPSA) is 91.4 Å². The largest absolute Gasteiger partial charge is 0.396 e. The summed E-state index contributed by atoms with van der Waals surface area (Å²) in [6.07, 6.45) is 3.00. The quantitative estimate of drug-likeness (QED) is 0.500. The lowest BCUT2D eigenvalue weighted by atomic mass is 10.0. The molecule has 0 aliphatic heterocycles. The van der Waals surface area contributed by atoms with E-state index in [4.69, 9.17) is 11.1 Å². The van der Waals surface area contributed by atoms with E-state index in [9.17, 15) is 8.78 Å². The predicted octanol–water partition coefficient (Wildman–Crippen LogP) is 3.72. The van der Waals surface area contributed by atoms with Crippen LogP contribution in [0.4, 0.5) is 14.5 Å². The number of aryl methyl sites for hydroxylation is 1. The van der Waals surface area contributed by atoms with Gasteiger partial charge in [0.25, 0.3) is 0 Å². The van der Waals surface area contributed by atoms with E-state index in [0.717, 1.165) is 0 Å². The van der Waals surface area contributed by atoms with E-state index in [2.05, 4.69) is 15.2 Å². The molecular formula is C18H15F2N5. The van der Waals surface area contributed by atoms with E-state index in [1.54, 1.807) is 31.2 Å². The van der Waals surface area contributed by atoms with Crippen LogP contribution in [0.3, 0.4) is 0 Å². The molecule has 0 saturated carbocycles. The molecule has 0 saturated heterocycles. The van der Waals surface area contributed by atoms with Gasteiger partial charge in [-0.3, -0.25) is 5.10 Å². The minimum atomic E-state index is -0.654. The van der Waals surface area contributed by atoms with Crippen molar-refractivity contribution in [2.45, 2.75) is 6.92 Å². The lowest BCUT2D eigenvalue weighted by Gasteiger charge is -2.08. The number of nitrogens with one attached hydrogen (secondary N) is 2. The van der Waals surface area contributed by atoms with Crippen LogP contribution >= 0.6 is 0 Å². The second-order valence-electron chi connectivity index (χ2n) is 5.47. The zero-order valence-electron chi connectivity index (χ0n) is 13.3. The summed E-state index contributed by atoms with van der Waals surface area (Å²) in [5, 5.41) is 14.8. The summed E-state index contributed by atoms with van der Waals surface area (Å²) in [6, 6.07) is 8.71.